The first kappa shape index (κ1) is 13.8. The number of rotatable bonds is 2. The molecule has 3 rings (SSSR count). The molecule has 0 aromatic heterocycles. The van der Waals surface area contributed by atoms with Gasteiger partial charge in [0, 0.05) is 5.56 Å². The minimum atomic E-state index is -0.612. The Kier molecular flexibility index (Phi) is 3.74. The van der Waals surface area contributed by atoms with Gasteiger partial charge in [0.1, 0.15) is 6.04 Å². The number of nitriles is 1. The molecule has 0 N–H and O–H groups in total. The summed E-state index contributed by atoms with van der Waals surface area (Å²) < 4.78 is 0. The highest BCUT2D eigenvalue weighted by Gasteiger charge is 2.39. The normalized spacial score (nSPS) is 20.8. The predicted molar refractivity (Wildman–Crippen MR) is 77.3 cm³/mol. The van der Waals surface area contributed by atoms with Crippen molar-refractivity contribution in [1.29, 1.82) is 5.26 Å². The molecular formula is C17H18N2O2. The summed E-state index contributed by atoms with van der Waals surface area (Å²) >= 11 is 0. The first-order chi connectivity index (χ1) is 10.2. The van der Waals surface area contributed by atoms with E-state index >= 15 is 0 Å². The molecule has 0 bridgehead atoms. The molecule has 1 aromatic rings. The van der Waals surface area contributed by atoms with Crippen LogP contribution in [0.2, 0.25) is 0 Å². The van der Waals surface area contributed by atoms with Gasteiger partial charge in [0.25, 0.3) is 5.91 Å². The monoisotopic (exact) mass is 282 g/mol. The molecule has 1 aliphatic heterocycles. The fourth-order valence-corrected chi connectivity index (χ4v) is 3.48. The van der Waals surface area contributed by atoms with E-state index in [1.807, 2.05) is 12.1 Å². The number of amides is 2. The van der Waals surface area contributed by atoms with E-state index < -0.39 is 6.04 Å². The minimum Gasteiger partial charge on any atom is -0.274 e. The number of hydrogen-bond donors (Lipinski definition) is 0. The Morgan fingerprint density at radius 3 is 2.57 bits per heavy atom. The number of carbonyl (C=O) groups excluding carboxylic acids is 2. The summed E-state index contributed by atoms with van der Waals surface area (Å²) in [6.07, 6.45) is 5.41. The maximum atomic E-state index is 12.6. The Hall–Kier alpha value is -2.15. The number of carbonyl (C=O) groups is 2. The molecule has 21 heavy (non-hydrogen) atoms. The zero-order valence-corrected chi connectivity index (χ0v) is 11.9. The third kappa shape index (κ3) is 2.44. The average molecular weight is 282 g/mol. The molecule has 1 aliphatic carbocycles. The van der Waals surface area contributed by atoms with Crippen LogP contribution < -0.4 is 0 Å². The zero-order valence-electron chi connectivity index (χ0n) is 11.9. The maximum Gasteiger partial charge on any atom is 0.261 e. The second kappa shape index (κ2) is 5.69. The fourth-order valence-electron chi connectivity index (χ4n) is 3.48. The third-order valence-corrected chi connectivity index (χ3v) is 4.58. The highest BCUT2D eigenvalue weighted by atomic mass is 16.2. The van der Waals surface area contributed by atoms with Crippen LogP contribution in [0.5, 0.6) is 0 Å². The van der Waals surface area contributed by atoms with E-state index in [-0.39, 0.29) is 24.2 Å². The Bertz CT molecular complexity index is 611. The van der Waals surface area contributed by atoms with Gasteiger partial charge in [0.05, 0.1) is 12.5 Å². The quantitative estimate of drug-likeness (QED) is 0.783. The van der Waals surface area contributed by atoms with Gasteiger partial charge < -0.3 is 0 Å². The first-order valence-corrected chi connectivity index (χ1v) is 7.56. The van der Waals surface area contributed by atoms with Crippen molar-refractivity contribution in [2.24, 2.45) is 5.92 Å². The van der Waals surface area contributed by atoms with E-state index in [4.69, 9.17) is 0 Å². The molecule has 0 spiro atoms. The Labute approximate surface area is 124 Å². The van der Waals surface area contributed by atoms with Gasteiger partial charge in [0.15, 0.2) is 0 Å². The summed E-state index contributed by atoms with van der Waals surface area (Å²) in [6, 6.07) is 8.79. The molecule has 0 radical (unpaired) electrons. The lowest BCUT2D eigenvalue weighted by Gasteiger charge is -2.35. The van der Waals surface area contributed by atoms with Crippen LogP contribution in [-0.2, 0) is 11.2 Å². The summed E-state index contributed by atoms with van der Waals surface area (Å²) in [7, 11) is 0. The molecule has 1 heterocycles. The molecule has 108 valence electrons. The molecule has 1 fully saturated rings. The number of nitrogens with zero attached hydrogens (tertiary/aromatic N) is 2. The van der Waals surface area contributed by atoms with E-state index in [2.05, 4.69) is 6.07 Å². The van der Waals surface area contributed by atoms with E-state index in [9.17, 15) is 14.9 Å². The van der Waals surface area contributed by atoms with Crippen molar-refractivity contribution in [1.82, 2.24) is 4.90 Å². The fraction of sp³-hybridized carbons (Fsp3) is 0.471. The second-order valence-corrected chi connectivity index (χ2v) is 5.87. The summed E-state index contributed by atoms with van der Waals surface area (Å²) in [4.78, 5) is 26.2. The summed E-state index contributed by atoms with van der Waals surface area (Å²) in [5.41, 5.74) is 1.33. The van der Waals surface area contributed by atoms with Gasteiger partial charge in [-0.2, -0.15) is 5.26 Å². The standard InChI is InChI=1S/C17H18N2O2/c18-11-15(12-6-2-1-3-7-12)19-16(20)10-13-8-4-5-9-14(13)17(19)21/h4-5,8-9,12,15H,1-3,6-7,10H2. The zero-order chi connectivity index (χ0) is 14.8. The van der Waals surface area contributed by atoms with Gasteiger partial charge in [-0.05, 0) is 30.4 Å². The van der Waals surface area contributed by atoms with Crippen LogP contribution in [0.25, 0.3) is 0 Å². The Balaban J connectivity index is 1.92. The van der Waals surface area contributed by atoms with Gasteiger partial charge >= 0.3 is 0 Å². The number of benzene rings is 1. The van der Waals surface area contributed by atoms with Crippen LogP contribution in [-0.4, -0.2) is 22.8 Å². The molecule has 1 aromatic carbocycles. The van der Waals surface area contributed by atoms with Crippen molar-refractivity contribution in [2.45, 2.75) is 44.6 Å². The van der Waals surface area contributed by atoms with Gasteiger partial charge in [-0.25, -0.2) is 0 Å². The molecule has 4 nitrogen and oxygen atoms in total. The van der Waals surface area contributed by atoms with Gasteiger partial charge in [-0.3, -0.25) is 14.5 Å². The largest absolute Gasteiger partial charge is 0.274 e. The Morgan fingerprint density at radius 1 is 1.14 bits per heavy atom. The van der Waals surface area contributed by atoms with Crippen molar-refractivity contribution < 1.29 is 9.59 Å². The van der Waals surface area contributed by atoms with E-state index in [1.165, 1.54) is 11.3 Å². The van der Waals surface area contributed by atoms with E-state index in [0.717, 1.165) is 31.2 Å². The molecule has 1 saturated carbocycles. The highest BCUT2D eigenvalue weighted by Crippen LogP contribution is 2.31. The molecule has 1 unspecified atom stereocenters. The minimum absolute atomic E-state index is 0.127. The topological polar surface area (TPSA) is 61.2 Å². The predicted octanol–water partition coefficient (Wildman–Crippen LogP) is 2.68. The molecule has 0 saturated heterocycles. The van der Waals surface area contributed by atoms with Crippen LogP contribution in [0.3, 0.4) is 0 Å². The third-order valence-electron chi connectivity index (χ3n) is 4.58. The lowest BCUT2D eigenvalue weighted by Crippen LogP contribution is -2.51. The molecule has 2 aliphatic rings. The maximum absolute atomic E-state index is 12.6. The summed E-state index contributed by atoms with van der Waals surface area (Å²) in [6.45, 7) is 0. The van der Waals surface area contributed by atoms with Crippen LogP contribution in [0.15, 0.2) is 24.3 Å². The Morgan fingerprint density at radius 2 is 1.86 bits per heavy atom. The molecule has 4 heteroatoms. The van der Waals surface area contributed by atoms with E-state index in [0.29, 0.717) is 5.56 Å². The van der Waals surface area contributed by atoms with Crippen molar-refractivity contribution in [3.05, 3.63) is 35.4 Å². The SMILES string of the molecule is N#CC(C1CCCCC1)N1C(=O)Cc2ccccc2C1=O. The lowest BCUT2D eigenvalue weighted by molar-refractivity contribution is -0.130. The van der Waals surface area contributed by atoms with Crippen LogP contribution in [0.4, 0.5) is 0 Å². The van der Waals surface area contributed by atoms with Crippen molar-refractivity contribution in [3.8, 4) is 6.07 Å². The van der Waals surface area contributed by atoms with E-state index in [1.54, 1.807) is 12.1 Å². The number of imide groups is 1. The average Bonchev–Trinajstić information content (AvgIpc) is 2.52. The smallest absolute Gasteiger partial charge is 0.261 e. The van der Waals surface area contributed by atoms with Gasteiger partial charge in [-0.1, -0.05) is 37.5 Å². The van der Waals surface area contributed by atoms with Crippen LogP contribution in [0.1, 0.15) is 48.0 Å². The van der Waals surface area contributed by atoms with Gasteiger partial charge in [-0.15, -0.1) is 0 Å². The van der Waals surface area contributed by atoms with Crippen molar-refractivity contribution in [3.63, 3.8) is 0 Å². The number of hydrogen-bond acceptors (Lipinski definition) is 3. The van der Waals surface area contributed by atoms with Gasteiger partial charge in [0.2, 0.25) is 5.91 Å². The highest BCUT2D eigenvalue weighted by molar-refractivity contribution is 6.10. The van der Waals surface area contributed by atoms with Crippen LogP contribution >= 0.6 is 0 Å². The number of fused-ring (bicyclic) bond motifs is 1. The first-order valence-electron chi connectivity index (χ1n) is 7.56. The summed E-state index contributed by atoms with van der Waals surface area (Å²) in [5.74, 6) is -0.420. The van der Waals surface area contributed by atoms with Crippen molar-refractivity contribution in [2.75, 3.05) is 0 Å². The molecular weight excluding hydrogens is 264 g/mol. The van der Waals surface area contributed by atoms with Crippen molar-refractivity contribution >= 4 is 11.8 Å². The second-order valence-electron chi connectivity index (χ2n) is 5.87. The molecule has 2 amide bonds. The van der Waals surface area contributed by atoms with Crippen LogP contribution in [0, 0.1) is 17.2 Å². The molecule has 1 atom stereocenters. The summed E-state index contributed by atoms with van der Waals surface area (Å²) in [5, 5.41) is 9.52. The lowest BCUT2D eigenvalue weighted by atomic mass is 9.82.